The van der Waals surface area contributed by atoms with Gasteiger partial charge in [0.05, 0.1) is 6.61 Å². The summed E-state index contributed by atoms with van der Waals surface area (Å²) in [6, 6.07) is 0. The van der Waals surface area contributed by atoms with E-state index >= 15 is 0 Å². The lowest BCUT2D eigenvalue weighted by molar-refractivity contribution is 0.0703. The Labute approximate surface area is 119 Å². The van der Waals surface area contributed by atoms with Gasteiger partial charge in [-0.25, -0.2) is 10.0 Å². The number of rotatable bonds is 5. The monoisotopic (exact) mass is 455 g/mol. The largest absolute Gasteiger partial charge is 0.357 e. The summed E-state index contributed by atoms with van der Waals surface area (Å²) in [6.07, 6.45) is 6.86. The molecule has 0 amide bonds. The van der Waals surface area contributed by atoms with Gasteiger partial charge in [0, 0.05) is 5.75 Å². The maximum absolute atomic E-state index is 5.52. The van der Waals surface area contributed by atoms with Crippen LogP contribution in [0.15, 0.2) is 0 Å². The van der Waals surface area contributed by atoms with Crippen molar-refractivity contribution in [1.82, 2.24) is 15.0 Å². The molecule has 0 saturated heterocycles. The van der Waals surface area contributed by atoms with Crippen molar-refractivity contribution in [3.8, 4) is 0 Å². The molecule has 15 heavy (non-hydrogen) atoms. The highest BCUT2D eigenvalue weighted by atomic mass is 127. The van der Waals surface area contributed by atoms with Gasteiger partial charge in [0.25, 0.3) is 0 Å². The molecule has 0 N–H and O–H groups in total. The molecule has 0 unspecified atom stereocenters. The second-order valence-electron chi connectivity index (χ2n) is 3.99. The molecule has 1 aromatic heterocycles. The highest BCUT2D eigenvalue weighted by Gasteiger charge is 2.06. The first-order valence-corrected chi connectivity index (χ1v) is 9.57. The summed E-state index contributed by atoms with van der Waals surface area (Å²) < 4.78 is 7.37. The molecule has 4 nitrogen and oxygen atoms in total. The van der Waals surface area contributed by atoms with Crippen molar-refractivity contribution in [3.63, 3.8) is 0 Å². The molecule has 0 atom stereocenters. The van der Waals surface area contributed by atoms with Gasteiger partial charge in [0.2, 0.25) is 0 Å². The first-order valence-electron chi connectivity index (χ1n) is 4.38. The van der Waals surface area contributed by atoms with Crippen molar-refractivity contribution in [2.75, 3.05) is 31.1 Å². The predicted octanol–water partition coefficient (Wildman–Crippen LogP) is 2.16. The van der Waals surface area contributed by atoms with Gasteiger partial charge < -0.3 is 4.74 Å². The van der Waals surface area contributed by atoms with Gasteiger partial charge in [0.1, 0.15) is 0 Å². The van der Waals surface area contributed by atoms with Gasteiger partial charge in [0.15, 0.2) is 14.1 Å². The van der Waals surface area contributed by atoms with Crippen molar-refractivity contribution in [3.05, 3.63) is 7.40 Å². The smallest absolute Gasteiger partial charge is 0.158 e. The quantitative estimate of drug-likeness (QED) is 0.505. The molecule has 0 radical (unpaired) electrons. The Bertz CT molecular complexity index is 305. The second kappa shape index (κ2) is 6.01. The number of nitrogens with zero attached hydrogens (tertiary/aromatic N) is 3. The molecule has 0 fully saturated rings. The zero-order chi connectivity index (χ0) is 11.5. The minimum Gasteiger partial charge on any atom is -0.357 e. The van der Waals surface area contributed by atoms with Gasteiger partial charge in [-0.05, 0) is 63.9 Å². The van der Waals surface area contributed by atoms with Crippen LogP contribution in [0.2, 0.25) is 0 Å². The van der Waals surface area contributed by atoms with E-state index in [1.165, 1.54) is 0 Å². The number of hydrogen-bond acceptors (Lipinski definition) is 3. The lowest BCUT2D eigenvalue weighted by Crippen LogP contribution is -2.11. The molecule has 0 bridgehead atoms. The Morgan fingerprint density at radius 2 is 1.73 bits per heavy atom. The summed E-state index contributed by atoms with van der Waals surface area (Å²) in [5.74, 6) is 1.13. The summed E-state index contributed by atoms with van der Waals surface area (Å²) in [7, 11) is -0.460. The van der Waals surface area contributed by atoms with Gasteiger partial charge in [-0.2, -0.15) is 4.80 Å². The first kappa shape index (κ1) is 14.0. The third kappa shape index (κ3) is 5.68. The second-order valence-corrected chi connectivity index (χ2v) is 10.6. The normalized spacial score (nSPS) is 13.1. The van der Waals surface area contributed by atoms with Crippen molar-refractivity contribution >= 4 is 55.2 Å². The van der Waals surface area contributed by atoms with Crippen LogP contribution in [0.4, 0.5) is 0 Å². The van der Waals surface area contributed by atoms with Gasteiger partial charge in [-0.1, -0.05) is 0 Å². The SMILES string of the molecule is CS(C)(C)CCOCn1nc(I)c(I)n1. The van der Waals surface area contributed by atoms with Crippen LogP contribution in [0.1, 0.15) is 0 Å². The average molecular weight is 455 g/mol. The van der Waals surface area contributed by atoms with E-state index in [1.54, 1.807) is 4.80 Å². The highest BCUT2D eigenvalue weighted by molar-refractivity contribution is 14.1. The van der Waals surface area contributed by atoms with Gasteiger partial charge in [-0.3, -0.25) is 0 Å². The van der Waals surface area contributed by atoms with Crippen LogP contribution in [0, 0.1) is 7.40 Å². The zero-order valence-electron chi connectivity index (χ0n) is 9.04. The summed E-state index contributed by atoms with van der Waals surface area (Å²) in [5.41, 5.74) is 0. The van der Waals surface area contributed by atoms with Crippen LogP contribution in [0.3, 0.4) is 0 Å². The van der Waals surface area contributed by atoms with Gasteiger partial charge in [-0.15, -0.1) is 10.2 Å². The molecular formula is C8H15I2N3OS. The minimum atomic E-state index is -0.460. The van der Waals surface area contributed by atoms with Gasteiger partial charge >= 0.3 is 0 Å². The fraction of sp³-hybridized carbons (Fsp3) is 0.750. The van der Waals surface area contributed by atoms with E-state index in [-0.39, 0.29) is 0 Å². The number of hydrogen-bond donors (Lipinski definition) is 0. The van der Waals surface area contributed by atoms with E-state index in [2.05, 4.69) is 74.1 Å². The van der Waals surface area contributed by atoms with Crippen LogP contribution in [-0.2, 0) is 11.5 Å². The summed E-state index contributed by atoms with van der Waals surface area (Å²) in [4.78, 5) is 1.60. The zero-order valence-corrected chi connectivity index (χ0v) is 14.2. The Balaban J connectivity index is 2.26. The molecule has 0 saturated carbocycles. The molecule has 1 heterocycles. The fourth-order valence-corrected chi connectivity index (χ4v) is 2.15. The molecular weight excluding hydrogens is 440 g/mol. The van der Waals surface area contributed by atoms with E-state index in [4.69, 9.17) is 4.74 Å². The number of ether oxygens (including phenoxy) is 1. The lowest BCUT2D eigenvalue weighted by atomic mass is 10.9. The third-order valence-electron chi connectivity index (χ3n) is 1.62. The molecule has 1 aromatic rings. The molecule has 7 heteroatoms. The Morgan fingerprint density at radius 3 is 2.20 bits per heavy atom. The molecule has 0 aliphatic rings. The van der Waals surface area contributed by atoms with Crippen molar-refractivity contribution < 1.29 is 4.74 Å². The van der Waals surface area contributed by atoms with Crippen LogP contribution in [0.5, 0.6) is 0 Å². The molecule has 0 spiro atoms. The minimum absolute atomic E-state index is 0.453. The van der Waals surface area contributed by atoms with Crippen LogP contribution in [0.25, 0.3) is 0 Å². The molecule has 0 aliphatic carbocycles. The summed E-state index contributed by atoms with van der Waals surface area (Å²) in [6.45, 7) is 1.24. The van der Waals surface area contributed by atoms with Crippen LogP contribution >= 0.6 is 55.2 Å². The standard InChI is InChI=1S/C8H15I2N3OS/c1-15(2,3)5-4-14-6-13-11-7(9)8(10)12-13/h4-6H2,1-3H3. The van der Waals surface area contributed by atoms with Crippen LogP contribution in [-0.4, -0.2) is 46.1 Å². The van der Waals surface area contributed by atoms with E-state index in [1.807, 2.05) is 0 Å². The summed E-state index contributed by atoms with van der Waals surface area (Å²) >= 11 is 4.33. The van der Waals surface area contributed by atoms with E-state index < -0.39 is 10.0 Å². The Hall–Kier alpha value is 0.910. The predicted molar refractivity (Wildman–Crippen MR) is 81.6 cm³/mol. The van der Waals surface area contributed by atoms with Crippen molar-refractivity contribution in [2.24, 2.45) is 0 Å². The van der Waals surface area contributed by atoms with E-state index in [0.717, 1.165) is 19.8 Å². The molecule has 1 rings (SSSR count). The number of halogens is 2. The summed E-state index contributed by atoms with van der Waals surface area (Å²) in [5, 5.41) is 8.42. The van der Waals surface area contributed by atoms with E-state index in [9.17, 15) is 0 Å². The molecule has 0 aromatic carbocycles. The maximum Gasteiger partial charge on any atom is 0.158 e. The molecule has 88 valence electrons. The lowest BCUT2D eigenvalue weighted by Gasteiger charge is -2.24. The third-order valence-corrected chi connectivity index (χ3v) is 5.50. The first-order chi connectivity index (χ1) is 6.88. The maximum atomic E-state index is 5.52. The fourth-order valence-electron chi connectivity index (χ4n) is 0.820. The Morgan fingerprint density at radius 1 is 1.20 bits per heavy atom. The average Bonchev–Trinajstić information content (AvgIpc) is 2.39. The topological polar surface area (TPSA) is 39.9 Å². The van der Waals surface area contributed by atoms with Crippen LogP contribution < -0.4 is 0 Å². The van der Waals surface area contributed by atoms with Crippen molar-refractivity contribution in [2.45, 2.75) is 6.73 Å². The highest BCUT2D eigenvalue weighted by Crippen LogP contribution is 2.33. The molecule has 0 aliphatic heterocycles. The Kier molecular flexibility index (Phi) is 5.60. The van der Waals surface area contributed by atoms with E-state index in [0.29, 0.717) is 6.73 Å². The van der Waals surface area contributed by atoms with Crippen molar-refractivity contribution in [1.29, 1.82) is 0 Å². The number of aromatic nitrogens is 3.